The van der Waals surface area contributed by atoms with E-state index in [2.05, 4.69) is 62.9 Å². The van der Waals surface area contributed by atoms with Gasteiger partial charge in [0.1, 0.15) is 0 Å². The topological polar surface area (TPSA) is 60.7 Å². The zero-order chi connectivity index (χ0) is 24.0. The van der Waals surface area contributed by atoms with Crippen LogP contribution in [-0.2, 0) is 30.8 Å². The monoisotopic (exact) mass is 544 g/mol. The zero-order valence-electron chi connectivity index (χ0n) is 21.3. The molecular weight excluding hydrogens is 507 g/mol. The van der Waals surface area contributed by atoms with Crippen molar-refractivity contribution in [3.8, 4) is 0 Å². The lowest BCUT2D eigenvalue weighted by atomic mass is 10.0. The van der Waals surface area contributed by atoms with Crippen LogP contribution >= 0.6 is 24.8 Å². The number of hydrogen-bond donors (Lipinski definition) is 2. The van der Waals surface area contributed by atoms with Gasteiger partial charge in [0, 0.05) is 55.3 Å². The quantitative estimate of drug-likeness (QED) is 0.225. The van der Waals surface area contributed by atoms with Crippen molar-refractivity contribution < 1.29 is 10.0 Å². The molecule has 2 aromatic carbocycles. The third-order valence-electron chi connectivity index (χ3n) is 7.45. The van der Waals surface area contributed by atoms with Crippen LogP contribution in [0.15, 0.2) is 54.6 Å². The average Bonchev–Trinajstić information content (AvgIpc) is 3.21. The number of carbonyl (C=O) groups excluding carboxylic acids is 1. The van der Waals surface area contributed by atoms with E-state index < -0.39 is 5.91 Å². The van der Waals surface area contributed by atoms with Crippen LogP contribution in [0.25, 0.3) is 17.0 Å². The van der Waals surface area contributed by atoms with Gasteiger partial charge in [-0.05, 0) is 73.8 Å². The number of amides is 1. The van der Waals surface area contributed by atoms with E-state index in [-0.39, 0.29) is 24.8 Å². The maximum absolute atomic E-state index is 11.5. The van der Waals surface area contributed by atoms with Crippen molar-refractivity contribution in [3.63, 3.8) is 0 Å². The van der Waals surface area contributed by atoms with Crippen LogP contribution in [0.2, 0.25) is 0 Å². The standard InChI is InChI=1S/C29H36N4O2.2ClH/c34-29(30-35)13-11-23-10-12-27-25(20-23)26-22-32(21-24-8-3-1-4-9-24)19-14-28(26)33(27)18-7-17-31-15-5-2-6-16-31;;/h1,3-4,8-13,20,35H,2,5-7,14-19,21-22H2,(H,30,34);2*1H/b13-11+;;. The van der Waals surface area contributed by atoms with Crippen LogP contribution in [0.1, 0.15) is 48.1 Å². The normalized spacial score (nSPS) is 16.2. The van der Waals surface area contributed by atoms with Gasteiger partial charge < -0.3 is 9.47 Å². The highest BCUT2D eigenvalue weighted by atomic mass is 35.5. The van der Waals surface area contributed by atoms with Gasteiger partial charge in [-0.1, -0.05) is 42.8 Å². The Morgan fingerprint density at radius 1 is 0.946 bits per heavy atom. The fourth-order valence-electron chi connectivity index (χ4n) is 5.70. The number of likely N-dealkylation sites (tertiary alicyclic amines) is 1. The van der Waals surface area contributed by atoms with Gasteiger partial charge in [0.15, 0.2) is 0 Å². The molecule has 2 aliphatic heterocycles. The third-order valence-corrected chi connectivity index (χ3v) is 7.45. The summed E-state index contributed by atoms with van der Waals surface area (Å²) < 4.78 is 2.56. The molecule has 6 nitrogen and oxygen atoms in total. The van der Waals surface area contributed by atoms with Gasteiger partial charge in [-0.25, -0.2) is 5.48 Å². The maximum atomic E-state index is 11.5. The highest BCUT2D eigenvalue weighted by Crippen LogP contribution is 2.33. The van der Waals surface area contributed by atoms with Crippen molar-refractivity contribution in [2.75, 3.05) is 26.2 Å². The number of halogens is 2. The summed E-state index contributed by atoms with van der Waals surface area (Å²) in [5.41, 5.74) is 8.16. The molecule has 2 N–H and O–H groups in total. The largest absolute Gasteiger partial charge is 0.344 e. The van der Waals surface area contributed by atoms with E-state index in [1.807, 2.05) is 0 Å². The van der Waals surface area contributed by atoms with Crippen LogP contribution in [0, 0.1) is 0 Å². The molecule has 8 heteroatoms. The Morgan fingerprint density at radius 2 is 1.73 bits per heavy atom. The molecule has 0 saturated carbocycles. The number of benzene rings is 2. The second kappa shape index (κ2) is 14.0. The molecule has 200 valence electrons. The molecule has 1 saturated heterocycles. The Hall–Kier alpha value is -2.35. The van der Waals surface area contributed by atoms with E-state index >= 15 is 0 Å². The number of hydroxylamine groups is 1. The summed E-state index contributed by atoms with van der Waals surface area (Å²) in [5.74, 6) is -0.517. The van der Waals surface area contributed by atoms with Gasteiger partial charge in [0.05, 0.1) is 0 Å². The molecule has 0 unspecified atom stereocenters. The Kier molecular flexibility index (Phi) is 11.0. The van der Waals surface area contributed by atoms with E-state index in [0.29, 0.717) is 0 Å². The second-order valence-corrected chi connectivity index (χ2v) is 9.86. The summed E-state index contributed by atoms with van der Waals surface area (Å²) in [5, 5.41) is 10.1. The minimum absolute atomic E-state index is 0. The Bertz CT molecular complexity index is 1190. The number of nitrogens with one attached hydrogen (secondary N) is 1. The predicted octanol–water partition coefficient (Wildman–Crippen LogP) is 5.44. The van der Waals surface area contributed by atoms with E-state index in [4.69, 9.17) is 5.21 Å². The summed E-state index contributed by atoms with van der Waals surface area (Å²) in [6.07, 6.45) is 9.40. The fraction of sp³-hybridized carbons (Fsp3) is 0.414. The first kappa shape index (κ1) is 29.2. The Balaban J connectivity index is 0.00000190. The molecule has 5 rings (SSSR count). The lowest BCUT2D eigenvalue weighted by Gasteiger charge is -2.29. The second-order valence-electron chi connectivity index (χ2n) is 9.86. The molecule has 1 fully saturated rings. The first-order valence-electron chi connectivity index (χ1n) is 13.0. The van der Waals surface area contributed by atoms with Crippen LogP contribution in [0.4, 0.5) is 0 Å². The number of aromatic nitrogens is 1. The minimum atomic E-state index is -0.517. The average molecular weight is 546 g/mol. The number of rotatable bonds is 8. The number of aryl methyl sites for hydroxylation is 1. The summed E-state index contributed by atoms with van der Waals surface area (Å²) in [6.45, 7) is 7.66. The molecule has 0 radical (unpaired) electrons. The van der Waals surface area contributed by atoms with Crippen molar-refractivity contribution >= 4 is 47.7 Å². The number of fused-ring (bicyclic) bond motifs is 3. The van der Waals surface area contributed by atoms with E-state index in [1.54, 1.807) is 11.6 Å². The smallest absolute Gasteiger partial charge is 0.267 e. The highest BCUT2D eigenvalue weighted by molar-refractivity contribution is 5.93. The van der Waals surface area contributed by atoms with Crippen molar-refractivity contribution in [2.24, 2.45) is 0 Å². The third kappa shape index (κ3) is 7.15. The molecule has 2 aliphatic rings. The maximum Gasteiger partial charge on any atom is 0.267 e. The molecule has 37 heavy (non-hydrogen) atoms. The van der Waals surface area contributed by atoms with Gasteiger partial charge in [-0.15, -0.1) is 24.8 Å². The fourth-order valence-corrected chi connectivity index (χ4v) is 5.70. The molecule has 1 amide bonds. The van der Waals surface area contributed by atoms with Crippen molar-refractivity contribution in [2.45, 2.75) is 51.7 Å². The zero-order valence-corrected chi connectivity index (χ0v) is 22.9. The van der Waals surface area contributed by atoms with Crippen molar-refractivity contribution in [1.29, 1.82) is 0 Å². The molecule has 1 aromatic heterocycles. The number of piperidine rings is 1. The van der Waals surface area contributed by atoms with Crippen LogP contribution < -0.4 is 5.48 Å². The summed E-state index contributed by atoms with van der Waals surface area (Å²) >= 11 is 0. The predicted molar refractivity (Wildman–Crippen MR) is 155 cm³/mol. The highest BCUT2D eigenvalue weighted by Gasteiger charge is 2.24. The van der Waals surface area contributed by atoms with E-state index in [9.17, 15) is 4.79 Å². The van der Waals surface area contributed by atoms with Gasteiger partial charge >= 0.3 is 0 Å². The van der Waals surface area contributed by atoms with Crippen molar-refractivity contribution in [3.05, 3.63) is 77.0 Å². The van der Waals surface area contributed by atoms with Crippen LogP contribution in [0.5, 0.6) is 0 Å². The molecule has 3 aromatic rings. The minimum Gasteiger partial charge on any atom is -0.344 e. The number of hydrogen-bond acceptors (Lipinski definition) is 4. The lowest BCUT2D eigenvalue weighted by molar-refractivity contribution is -0.124. The SMILES string of the molecule is Cl.Cl.O=C(/C=C/c1ccc2c(c1)c1c(n2CCCN2CCCCC2)CCN(Cc2ccccc2)C1)NO. The Labute approximate surface area is 232 Å². The van der Waals surface area contributed by atoms with Crippen molar-refractivity contribution in [1.82, 2.24) is 19.8 Å². The van der Waals surface area contributed by atoms with E-state index in [1.165, 1.54) is 79.1 Å². The summed E-state index contributed by atoms with van der Waals surface area (Å²) in [4.78, 5) is 16.7. The Morgan fingerprint density at radius 3 is 2.49 bits per heavy atom. The van der Waals surface area contributed by atoms with Gasteiger partial charge in [-0.3, -0.25) is 14.9 Å². The number of nitrogens with zero attached hydrogens (tertiary/aromatic N) is 3. The first-order chi connectivity index (χ1) is 17.2. The van der Waals surface area contributed by atoms with Gasteiger partial charge in [-0.2, -0.15) is 0 Å². The van der Waals surface area contributed by atoms with Crippen LogP contribution in [-0.4, -0.2) is 51.7 Å². The molecular formula is C29H38Cl2N4O2. The van der Waals surface area contributed by atoms with Gasteiger partial charge in [0.2, 0.25) is 0 Å². The molecule has 0 aliphatic carbocycles. The molecule has 0 atom stereocenters. The number of carbonyl (C=O) groups is 1. The van der Waals surface area contributed by atoms with Gasteiger partial charge in [0.25, 0.3) is 5.91 Å². The van der Waals surface area contributed by atoms with E-state index in [0.717, 1.165) is 38.2 Å². The summed E-state index contributed by atoms with van der Waals surface area (Å²) in [7, 11) is 0. The molecule has 3 heterocycles. The molecule has 0 bridgehead atoms. The lowest BCUT2D eigenvalue weighted by Crippen LogP contribution is -2.32. The van der Waals surface area contributed by atoms with Crippen LogP contribution in [0.3, 0.4) is 0 Å². The molecule has 0 spiro atoms. The first-order valence-corrected chi connectivity index (χ1v) is 13.0. The summed E-state index contributed by atoms with van der Waals surface area (Å²) in [6, 6.07) is 17.2.